The Morgan fingerprint density at radius 1 is 1.25 bits per heavy atom. The fourth-order valence-electron chi connectivity index (χ4n) is 1.36. The molecule has 0 saturated carbocycles. The number of aryl methyl sites for hydroxylation is 1. The van der Waals surface area contributed by atoms with Crippen molar-refractivity contribution in [2.24, 2.45) is 0 Å². The number of amides is 1. The Morgan fingerprint density at radius 2 is 1.85 bits per heavy atom. The highest BCUT2D eigenvalue weighted by Gasteiger charge is 2.63. The molecular weight excluding hydrogens is 285 g/mol. The van der Waals surface area contributed by atoms with Gasteiger partial charge in [-0.1, -0.05) is 0 Å². The molecule has 20 heavy (non-hydrogen) atoms. The summed E-state index contributed by atoms with van der Waals surface area (Å²) in [5.74, 6) is -7.44. The van der Waals surface area contributed by atoms with Gasteiger partial charge >= 0.3 is 18.0 Å². The van der Waals surface area contributed by atoms with E-state index in [1.165, 1.54) is 25.1 Å². The zero-order valence-electron chi connectivity index (χ0n) is 10.6. The molecule has 112 valence electrons. The Kier molecular flexibility index (Phi) is 4.57. The van der Waals surface area contributed by atoms with E-state index >= 15 is 0 Å². The second-order valence-corrected chi connectivity index (χ2v) is 3.94. The van der Waals surface area contributed by atoms with E-state index in [-0.39, 0.29) is 5.69 Å². The lowest BCUT2D eigenvalue weighted by molar-refractivity contribution is -0.267. The molecule has 0 aliphatic rings. The molecule has 0 bridgehead atoms. The number of rotatable bonds is 4. The van der Waals surface area contributed by atoms with E-state index in [2.05, 4.69) is 0 Å². The summed E-state index contributed by atoms with van der Waals surface area (Å²) < 4.78 is 66.7. The van der Waals surface area contributed by atoms with Crippen LogP contribution in [-0.4, -0.2) is 24.6 Å². The summed E-state index contributed by atoms with van der Waals surface area (Å²) in [4.78, 5) is 11.0. The summed E-state index contributed by atoms with van der Waals surface area (Å²) >= 11 is 0. The molecule has 0 fully saturated rings. The minimum atomic E-state index is -5.93. The van der Waals surface area contributed by atoms with Gasteiger partial charge in [0.2, 0.25) is 0 Å². The van der Waals surface area contributed by atoms with Crippen molar-refractivity contribution in [3.63, 3.8) is 0 Å². The molecule has 1 amide bonds. The third-order valence-electron chi connectivity index (χ3n) is 2.40. The van der Waals surface area contributed by atoms with Gasteiger partial charge in [-0.05, 0) is 37.6 Å². The fraction of sp³-hybridized carbons (Fsp3) is 0.417. The number of halogens is 5. The second kappa shape index (κ2) is 5.64. The predicted molar refractivity (Wildman–Crippen MR) is 62.0 cm³/mol. The first kappa shape index (κ1) is 16.2. The van der Waals surface area contributed by atoms with Gasteiger partial charge in [0.25, 0.3) is 0 Å². The maximum Gasteiger partial charge on any atom is 0.463 e. The van der Waals surface area contributed by atoms with Gasteiger partial charge in [-0.2, -0.15) is 22.0 Å². The molecule has 3 nitrogen and oxygen atoms in total. The molecule has 0 atom stereocenters. The van der Waals surface area contributed by atoms with Gasteiger partial charge in [-0.25, -0.2) is 0 Å². The summed E-state index contributed by atoms with van der Waals surface area (Å²) in [7, 11) is 0. The largest absolute Gasteiger partial charge is 0.494 e. The Bertz CT molecular complexity index is 499. The molecule has 1 rings (SSSR count). The lowest BCUT2D eigenvalue weighted by Crippen LogP contribution is -2.47. The highest BCUT2D eigenvalue weighted by Crippen LogP contribution is 2.36. The Labute approximate surface area is 111 Å². The average Bonchev–Trinajstić information content (AvgIpc) is 2.31. The molecule has 0 aromatic heterocycles. The number of carbonyl (C=O) groups excluding carboxylic acids is 1. The first-order valence-electron chi connectivity index (χ1n) is 5.59. The van der Waals surface area contributed by atoms with Crippen LogP contribution in [-0.2, 0) is 4.79 Å². The van der Waals surface area contributed by atoms with Crippen LogP contribution in [0.1, 0.15) is 12.5 Å². The molecule has 0 radical (unpaired) electrons. The maximum absolute atomic E-state index is 12.8. The molecule has 0 heterocycles. The first-order chi connectivity index (χ1) is 9.09. The van der Waals surface area contributed by atoms with Crippen LogP contribution < -0.4 is 10.1 Å². The Balaban J connectivity index is 2.92. The third kappa shape index (κ3) is 3.37. The van der Waals surface area contributed by atoms with Crippen molar-refractivity contribution in [1.82, 2.24) is 0 Å². The number of alkyl halides is 5. The smallest absolute Gasteiger partial charge is 0.463 e. The summed E-state index contributed by atoms with van der Waals surface area (Å²) in [6.07, 6.45) is -5.93. The predicted octanol–water partition coefficient (Wildman–Crippen LogP) is 3.53. The SMILES string of the molecule is CCOc1ccc(NC(=O)C(F)(F)C(F)(F)F)c(C)c1. The van der Waals surface area contributed by atoms with Gasteiger partial charge in [0.15, 0.2) is 0 Å². The highest BCUT2D eigenvalue weighted by atomic mass is 19.4. The minimum absolute atomic E-state index is 0.137. The molecule has 0 unspecified atom stereocenters. The average molecular weight is 297 g/mol. The van der Waals surface area contributed by atoms with Crippen molar-refractivity contribution in [1.29, 1.82) is 0 Å². The van der Waals surface area contributed by atoms with Crippen molar-refractivity contribution in [2.45, 2.75) is 25.9 Å². The number of carbonyl (C=O) groups is 1. The molecule has 0 saturated heterocycles. The van der Waals surface area contributed by atoms with Crippen LogP contribution in [0.15, 0.2) is 18.2 Å². The summed E-state index contributed by atoms with van der Waals surface area (Å²) in [5, 5.41) is 1.56. The molecular formula is C12H12F5NO2. The monoisotopic (exact) mass is 297 g/mol. The summed E-state index contributed by atoms with van der Waals surface area (Å²) in [6.45, 7) is 3.55. The van der Waals surface area contributed by atoms with Crippen LogP contribution in [0.25, 0.3) is 0 Å². The zero-order chi connectivity index (χ0) is 15.6. The molecule has 0 aliphatic heterocycles. The van der Waals surface area contributed by atoms with Crippen LogP contribution >= 0.6 is 0 Å². The molecule has 8 heteroatoms. The van der Waals surface area contributed by atoms with Gasteiger partial charge < -0.3 is 10.1 Å². The zero-order valence-corrected chi connectivity index (χ0v) is 10.6. The van der Waals surface area contributed by atoms with Crippen molar-refractivity contribution >= 4 is 11.6 Å². The van der Waals surface area contributed by atoms with Crippen molar-refractivity contribution in [3.05, 3.63) is 23.8 Å². The minimum Gasteiger partial charge on any atom is -0.494 e. The van der Waals surface area contributed by atoms with Crippen molar-refractivity contribution < 1.29 is 31.5 Å². The van der Waals surface area contributed by atoms with Gasteiger partial charge in [0.05, 0.1) is 6.61 Å². The third-order valence-corrected chi connectivity index (χ3v) is 2.40. The van der Waals surface area contributed by atoms with E-state index in [1.54, 1.807) is 12.2 Å². The lowest BCUT2D eigenvalue weighted by Gasteiger charge is -2.19. The second-order valence-electron chi connectivity index (χ2n) is 3.94. The normalized spacial score (nSPS) is 12.2. The van der Waals surface area contributed by atoms with E-state index in [9.17, 15) is 26.7 Å². The topological polar surface area (TPSA) is 38.3 Å². The van der Waals surface area contributed by atoms with E-state index in [0.29, 0.717) is 17.9 Å². The standard InChI is InChI=1S/C12H12F5NO2/c1-3-20-8-4-5-9(7(2)6-8)18-10(19)11(13,14)12(15,16)17/h4-6H,3H2,1-2H3,(H,18,19). The van der Waals surface area contributed by atoms with Gasteiger partial charge in [0, 0.05) is 5.69 Å². The van der Waals surface area contributed by atoms with Crippen LogP contribution in [0.2, 0.25) is 0 Å². The fourth-order valence-corrected chi connectivity index (χ4v) is 1.36. The highest BCUT2D eigenvalue weighted by molar-refractivity contribution is 5.97. The number of ether oxygens (including phenoxy) is 1. The van der Waals surface area contributed by atoms with Crippen molar-refractivity contribution in [2.75, 3.05) is 11.9 Å². The molecule has 1 N–H and O–H groups in total. The summed E-state index contributed by atoms with van der Waals surface area (Å²) in [6, 6.07) is 3.98. The number of anilines is 1. The van der Waals surface area contributed by atoms with Crippen LogP contribution in [0, 0.1) is 6.92 Å². The van der Waals surface area contributed by atoms with Gasteiger partial charge in [0.1, 0.15) is 5.75 Å². The molecule has 1 aromatic carbocycles. The number of hydrogen-bond acceptors (Lipinski definition) is 2. The number of hydrogen-bond donors (Lipinski definition) is 1. The lowest BCUT2D eigenvalue weighted by atomic mass is 10.1. The number of nitrogens with one attached hydrogen (secondary N) is 1. The maximum atomic E-state index is 12.8. The van der Waals surface area contributed by atoms with Crippen LogP contribution in [0.5, 0.6) is 5.75 Å². The first-order valence-corrected chi connectivity index (χ1v) is 5.59. The number of benzene rings is 1. The van der Waals surface area contributed by atoms with Crippen LogP contribution in [0.4, 0.5) is 27.6 Å². The molecule has 0 aliphatic carbocycles. The van der Waals surface area contributed by atoms with Crippen molar-refractivity contribution in [3.8, 4) is 5.75 Å². The quantitative estimate of drug-likeness (QED) is 0.863. The van der Waals surface area contributed by atoms with E-state index < -0.39 is 18.0 Å². The Hall–Kier alpha value is -1.86. The summed E-state index contributed by atoms with van der Waals surface area (Å²) in [5.41, 5.74) is 0.171. The van der Waals surface area contributed by atoms with Crippen LogP contribution in [0.3, 0.4) is 0 Å². The van der Waals surface area contributed by atoms with E-state index in [0.717, 1.165) is 0 Å². The molecule has 0 spiro atoms. The van der Waals surface area contributed by atoms with Gasteiger partial charge in [-0.15, -0.1) is 0 Å². The Morgan fingerprint density at radius 3 is 2.30 bits per heavy atom. The van der Waals surface area contributed by atoms with Gasteiger partial charge in [-0.3, -0.25) is 4.79 Å². The van der Waals surface area contributed by atoms with E-state index in [1.807, 2.05) is 0 Å². The molecule has 1 aromatic rings. The van der Waals surface area contributed by atoms with E-state index in [4.69, 9.17) is 4.74 Å².